The summed E-state index contributed by atoms with van der Waals surface area (Å²) in [6, 6.07) is 6.87. The van der Waals surface area contributed by atoms with E-state index < -0.39 is 9.84 Å². The van der Waals surface area contributed by atoms with Crippen LogP contribution in [0.5, 0.6) is 0 Å². The maximum absolute atomic E-state index is 12.1. The molecule has 1 unspecified atom stereocenters. The fourth-order valence-electron chi connectivity index (χ4n) is 2.27. The van der Waals surface area contributed by atoms with E-state index in [2.05, 4.69) is 0 Å². The van der Waals surface area contributed by atoms with Gasteiger partial charge in [-0.2, -0.15) is 0 Å². The zero-order chi connectivity index (χ0) is 16.9. The number of likely N-dealkylation sites (N-methyl/N-ethyl adjacent to an activating group) is 2. The molecule has 1 rings (SSSR count). The average Bonchev–Trinajstić information content (AvgIpc) is 2.46. The number of benzene rings is 1. The van der Waals surface area contributed by atoms with Crippen LogP contribution in [0.3, 0.4) is 0 Å². The van der Waals surface area contributed by atoms with Crippen LogP contribution in [-0.4, -0.2) is 57.1 Å². The lowest BCUT2D eigenvalue weighted by Gasteiger charge is -2.27. The zero-order valence-corrected chi connectivity index (χ0v) is 14.9. The van der Waals surface area contributed by atoms with Crippen molar-refractivity contribution in [2.45, 2.75) is 31.7 Å². The second-order valence-electron chi connectivity index (χ2n) is 5.50. The third-order valence-corrected chi connectivity index (χ3v) is 5.08. The van der Waals surface area contributed by atoms with E-state index in [4.69, 9.17) is 0 Å². The summed E-state index contributed by atoms with van der Waals surface area (Å²) in [7, 11) is -1.28. The summed E-state index contributed by atoms with van der Waals surface area (Å²) < 4.78 is 22.9. The molecule has 0 aromatic heterocycles. The zero-order valence-electron chi connectivity index (χ0n) is 14.0. The fraction of sp³-hybridized carbons (Fsp3) is 0.562. The highest BCUT2D eigenvalue weighted by Crippen LogP contribution is 2.20. The van der Waals surface area contributed by atoms with Crippen molar-refractivity contribution >= 4 is 15.7 Å². The van der Waals surface area contributed by atoms with Gasteiger partial charge in [0, 0.05) is 25.4 Å². The van der Waals surface area contributed by atoms with Crippen molar-refractivity contribution in [1.29, 1.82) is 0 Å². The Balaban J connectivity index is 2.78. The number of hydrogen-bond donors (Lipinski definition) is 0. The van der Waals surface area contributed by atoms with E-state index in [1.54, 1.807) is 29.2 Å². The Morgan fingerprint density at radius 1 is 1.14 bits per heavy atom. The Labute approximate surface area is 133 Å². The number of carbonyl (C=O) groups excluding carboxylic acids is 1. The molecule has 1 atom stereocenters. The summed E-state index contributed by atoms with van der Waals surface area (Å²) in [5.74, 6) is 0.104. The van der Waals surface area contributed by atoms with Crippen molar-refractivity contribution < 1.29 is 13.2 Å². The molecule has 0 aliphatic heterocycles. The van der Waals surface area contributed by atoms with Gasteiger partial charge in [-0.25, -0.2) is 8.42 Å². The van der Waals surface area contributed by atoms with Crippen LogP contribution in [0.25, 0.3) is 0 Å². The van der Waals surface area contributed by atoms with Gasteiger partial charge < -0.3 is 4.90 Å². The molecule has 5 nitrogen and oxygen atoms in total. The smallest absolute Gasteiger partial charge is 0.236 e. The van der Waals surface area contributed by atoms with Crippen molar-refractivity contribution in [2.75, 3.05) is 32.9 Å². The first-order valence-corrected chi connectivity index (χ1v) is 9.37. The lowest BCUT2D eigenvalue weighted by Crippen LogP contribution is -2.39. The molecular weight excluding hydrogens is 300 g/mol. The van der Waals surface area contributed by atoms with E-state index in [1.807, 2.05) is 32.7 Å². The minimum Gasteiger partial charge on any atom is -0.342 e. The monoisotopic (exact) mass is 326 g/mol. The van der Waals surface area contributed by atoms with Gasteiger partial charge in [0.25, 0.3) is 0 Å². The lowest BCUT2D eigenvalue weighted by atomic mass is 10.1. The molecule has 0 aliphatic rings. The number of hydrogen-bond acceptors (Lipinski definition) is 4. The minimum absolute atomic E-state index is 0.0353. The summed E-state index contributed by atoms with van der Waals surface area (Å²) in [6.45, 7) is 7.70. The lowest BCUT2D eigenvalue weighted by molar-refractivity contribution is -0.132. The van der Waals surface area contributed by atoms with Crippen LogP contribution in [0.2, 0.25) is 0 Å². The van der Waals surface area contributed by atoms with E-state index in [0.29, 0.717) is 24.5 Å². The molecule has 0 bridgehead atoms. The number of amides is 1. The Morgan fingerprint density at radius 3 is 2.05 bits per heavy atom. The molecular formula is C16H26N2O3S. The van der Waals surface area contributed by atoms with E-state index in [-0.39, 0.29) is 11.9 Å². The second-order valence-corrected chi connectivity index (χ2v) is 7.51. The molecule has 0 fully saturated rings. The first kappa shape index (κ1) is 18.6. The van der Waals surface area contributed by atoms with E-state index >= 15 is 0 Å². The van der Waals surface area contributed by atoms with Crippen molar-refractivity contribution in [1.82, 2.24) is 9.80 Å². The highest BCUT2D eigenvalue weighted by molar-refractivity contribution is 7.90. The molecule has 1 amide bonds. The molecule has 0 heterocycles. The van der Waals surface area contributed by atoms with Crippen LogP contribution in [0.15, 0.2) is 29.2 Å². The topological polar surface area (TPSA) is 57.7 Å². The maximum atomic E-state index is 12.1. The molecule has 1 aromatic carbocycles. The second kappa shape index (κ2) is 7.74. The van der Waals surface area contributed by atoms with Crippen LogP contribution in [0.1, 0.15) is 32.4 Å². The first-order valence-electron chi connectivity index (χ1n) is 7.48. The molecule has 0 saturated heterocycles. The van der Waals surface area contributed by atoms with E-state index in [9.17, 15) is 13.2 Å². The molecule has 22 heavy (non-hydrogen) atoms. The Hall–Kier alpha value is -1.40. The number of rotatable bonds is 7. The number of nitrogens with zero attached hydrogens (tertiary/aromatic N) is 2. The van der Waals surface area contributed by atoms with E-state index in [0.717, 1.165) is 5.56 Å². The molecule has 6 heteroatoms. The Kier molecular flexibility index (Phi) is 6.56. The van der Waals surface area contributed by atoms with Crippen LogP contribution in [-0.2, 0) is 14.6 Å². The molecule has 0 radical (unpaired) electrons. The van der Waals surface area contributed by atoms with Crippen LogP contribution in [0, 0.1) is 0 Å². The van der Waals surface area contributed by atoms with E-state index in [1.165, 1.54) is 6.26 Å². The van der Waals surface area contributed by atoms with Gasteiger partial charge in [-0.3, -0.25) is 9.69 Å². The molecule has 0 aliphatic carbocycles. The molecule has 1 aromatic rings. The number of sulfone groups is 1. The van der Waals surface area contributed by atoms with Gasteiger partial charge in [0.1, 0.15) is 0 Å². The summed E-state index contributed by atoms with van der Waals surface area (Å²) in [5, 5.41) is 0. The van der Waals surface area contributed by atoms with Gasteiger partial charge in [-0.15, -0.1) is 0 Å². The standard InChI is InChI=1S/C16H26N2O3S/c1-6-18(7-2)16(19)12-17(4)13(3)14-8-10-15(11-9-14)22(5,20)21/h8-11,13H,6-7,12H2,1-5H3. The normalized spacial score (nSPS) is 13.2. The van der Waals surface area contributed by atoms with Gasteiger partial charge in [0.2, 0.25) is 5.91 Å². The summed E-state index contributed by atoms with van der Waals surface area (Å²) in [5.41, 5.74) is 0.988. The fourth-order valence-corrected chi connectivity index (χ4v) is 2.91. The van der Waals surface area contributed by atoms with Crippen molar-refractivity contribution in [3.8, 4) is 0 Å². The van der Waals surface area contributed by atoms with Crippen molar-refractivity contribution in [2.24, 2.45) is 0 Å². The summed E-state index contributed by atoms with van der Waals surface area (Å²) >= 11 is 0. The van der Waals surface area contributed by atoms with Gasteiger partial charge in [-0.05, 0) is 45.5 Å². The molecule has 0 spiro atoms. The predicted molar refractivity (Wildman–Crippen MR) is 88.5 cm³/mol. The third kappa shape index (κ3) is 4.81. The van der Waals surface area contributed by atoms with Gasteiger partial charge in [-0.1, -0.05) is 12.1 Å². The van der Waals surface area contributed by atoms with Crippen LogP contribution >= 0.6 is 0 Å². The van der Waals surface area contributed by atoms with Crippen LogP contribution < -0.4 is 0 Å². The van der Waals surface area contributed by atoms with Gasteiger partial charge >= 0.3 is 0 Å². The minimum atomic E-state index is -3.18. The highest BCUT2D eigenvalue weighted by Gasteiger charge is 2.18. The molecule has 0 N–H and O–H groups in total. The highest BCUT2D eigenvalue weighted by atomic mass is 32.2. The largest absolute Gasteiger partial charge is 0.342 e. The number of carbonyl (C=O) groups is 1. The average molecular weight is 326 g/mol. The third-order valence-electron chi connectivity index (χ3n) is 3.95. The Bertz CT molecular complexity index is 592. The van der Waals surface area contributed by atoms with Gasteiger partial charge in [0.15, 0.2) is 9.84 Å². The maximum Gasteiger partial charge on any atom is 0.236 e. The first-order chi connectivity index (χ1) is 10.2. The quantitative estimate of drug-likeness (QED) is 0.768. The summed E-state index contributed by atoms with van der Waals surface area (Å²) in [6.07, 6.45) is 1.19. The molecule has 0 saturated carbocycles. The molecule has 124 valence electrons. The van der Waals surface area contributed by atoms with Gasteiger partial charge in [0.05, 0.1) is 11.4 Å². The van der Waals surface area contributed by atoms with Crippen molar-refractivity contribution in [3.05, 3.63) is 29.8 Å². The van der Waals surface area contributed by atoms with Crippen molar-refractivity contribution in [3.63, 3.8) is 0 Å². The van der Waals surface area contributed by atoms with Crippen LogP contribution in [0.4, 0.5) is 0 Å². The summed E-state index contributed by atoms with van der Waals surface area (Å²) in [4.78, 5) is 16.2. The predicted octanol–water partition coefficient (Wildman–Crippen LogP) is 1.95. The SMILES string of the molecule is CCN(CC)C(=O)CN(C)C(C)c1ccc(S(C)(=O)=O)cc1. The Morgan fingerprint density at radius 2 is 1.64 bits per heavy atom.